The molecule has 3 nitrogen and oxygen atoms in total. The standard InChI is InChI=1S/C52H33NO2/c1-2-13-35-30-39(27-26-34(35)12-1)37-15-9-14-36(31-37)38-16-10-17-40(32-38)53(41-28-29-45-43-19-4-7-24-49(43)54-51(45)33-41)48-23-6-3-18-42(48)46-21-11-22-47-44-20-5-8-25-50(44)55-52(46)47/h1-33H. The van der Waals surface area contributed by atoms with Gasteiger partial charge in [0.25, 0.3) is 0 Å². The van der Waals surface area contributed by atoms with E-state index < -0.39 is 0 Å². The summed E-state index contributed by atoms with van der Waals surface area (Å²) < 4.78 is 13.0. The fourth-order valence-corrected chi connectivity index (χ4v) is 8.21. The molecule has 0 saturated carbocycles. The van der Waals surface area contributed by atoms with Crippen LogP contribution in [-0.2, 0) is 0 Å². The molecule has 2 aromatic heterocycles. The lowest BCUT2D eigenvalue weighted by molar-refractivity contribution is 0.669. The van der Waals surface area contributed by atoms with E-state index in [4.69, 9.17) is 8.83 Å². The van der Waals surface area contributed by atoms with Gasteiger partial charge in [0.15, 0.2) is 0 Å². The number of rotatable bonds is 6. The van der Waals surface area contributed by atoms with E-state index in [0.717, 1.165) is 83.2 Å². The first-order chi connectivity index (χ1) is 27.2. The zero-order valence-corrected chi connectivity index (χ0v) is 29.8. The Morgan fingerprint density at radius 2 is 0.891 bits per heavy atom. The van der Waals surface area contributed by atoms with Crippen molar-refractivity contribution in [3.63, 3.8) is 0 Å². The van der Waals surface area contributed by atoms with Crippen molar-refractivity contribution < 1.29 is 8.83 Å². The molecule has 258 valence electrons. The van der Waals surface area contributed by atoms with E-state index in [0.29, 0.717) is 0 Å². The van der Waals surface area contributed by atoms with Crippen LogP contribution in [-0.4, -0.2) is 0 Å². The molecule has 11 aromatic rings. The zero-order chi connectivity index (χ0) is 36.3. The highest BCUT2D eigenvalue weighted by Crippen LogP contribution is 2.46. The first kappa shape index (κ1) is 31.2. The highest BCUT2D eigenvalue weighted by molar-refractivity contribution is 6.11. The molecule has 0 amide bonds. The molecule has 55 heavy (non-hydrogen) atoms. The zero-order valence-electron chi connectivity index (χ0n) is 29.8. The van der Waals surface area contributed by atoms with Crippen LogP contribution in [0.5, 0.6) is 0 Å². The van der Waals surface area contributed by atoms with Gasteiger partial charge < -0.3 is 13.7 Å². The van der Waals surface area contributed by atoms with E-state index in [-0.39, 0.29) is 0 Å². The average molecular weight is 704 g/mol. The molecule has 0 fully saturated rings. The molecule has 9 aromatic carbocycles. The first-order valence-corrected chi connectivity index (χ1v) is 18.7. The lowest BCUT2D eigenvalue weighted by atomic mass is 9.96. The van der Waals surface area contributed by atoms with Crippen LogP contribution in [0.2, 0.25) is 0 Å². The fraction of sp³-hybridized carbons (Fsp3) is 0. The maximum Gasteiger partial charge on any atom is 0.143 e. The molecular formula is C52H33NO2. The summed E-state index contributed by atoms with van der Waals surface area (Å²) >= 11 is 0. The Kier molecular flexibility index (Phi) is 7.17. The van der Waals surface area contributed by atoms with Gasteiger partial charge >= 0.3 is 0 Å². The Labute approximate surface area is 317 Å². The van der Waals surface area contributed by atoms with Gasteiger partial charge in [-0.25, -0.2) is 0 Å². The molecule has 0 atom stereocenters. The average Bonchev–Trinajstić information content (AvgIpc) is 3.82. The maximum absolute atomic E-state index is 6.59. The third-order valence-corrected chi connectivity index (χ3v) is 10.8. The molecule has 0 aliphatic heterocycles. The van der Waals surface area contributed by atoms with E-state index >= 15 is 0 Å². The lowest BCUT2D eigenvalue weighted by Gasteiger charge is -2.28. The second-order valence-corrected chi connectivity index (χ2v) is 14.1. The SMILES string of the molecule is c1cc(-c2cccc(N(c3ccc4c(c3)oc3ccccc34)c3ccccc3-c3cccc4c3oc3ccccc34)c2)cc(-c2ccc3ccccc3c2)c1. The summed E-state index contributed by atoms with van der Waals surface area (Å²) in [6, 6.07) is 71.0. The quantitative estimate of drug-likeness (QED) is 0.173. The van der Waals surface area contributed by atoms with Gasteiger partial charge in [-0.05, 0) is 87.6 Å². The number of benzene rings is 9. The van der Waals surface area contributed by atoms with Crippen molar-refractivity contribution >= 4 is 71.7 Å². The Morgan fingerprint density at radius 1 is 0.309 bits per heavy atom. The summed E-state index contributed by atoms with van der Waals surface area (Å²) in [5.74, 6) is 0. The largest absolute Gasteiger partial charge is 0.456 e. The predicted molar refractivity (Wildman–Crippen MR) is 229 cm³/mol. The van der Waals surface area contributed by atoms with Crippen LogP contribution in [0.4, 0.5) is 17.1 Å². The smallest absolute Gasteiger partial charge is 0.143 e. The van der Waals surface area contributed by atoms with Gasteiger partial charge in [0.05, 0.1) is 5.69 Å². The summed E-state index contributed by atoms with van der Waals surface area (Å²) in [5.41, 5.74) is 13.3. The summed E-state index contributed by atoms with van der Waals surface area (Å²) in [7, 11) is 0. The van der Waals surface area contributed by atoms with Crippen LogP contribution >= 0.6 is 0 Å². The van der Waals surface area contributed by atoms with E-state index in [9.17, 15) is 0 Å². The van der Waals surface area contributed by atoms with Crippen LogP contribution in [0.1, 0.15) is 0 Å². The predicted octanol–water partition coefficient (Wildman–Crippen LogP) is 15.1. The molecule has 0 aliphatic rings. The molecular weight excluding hydrogens is 671 g/mol. The van der Waals surface area contributed by atoms with Gasteiger partial charge in [0.1, 0.15) is 22.3 Å². The first-order valence-electron chi connectivity index (χ1n) is 18.7. The van der Waals surface area contributed by atoms with Gasteiger partial charge in [-0.3, -0.25) is 0 Å². The summed E-state index contributed by atoms with van der Waals surface area (Å²) in [5, 5.41) is 6.91. The number of nitrogens with zero attached hydrogens (tertiary/aromatic N) is 1. The second-order valence-electron chi connectivity index (χ2n) is 14.1. The minimum absolute atomic E-state index is 0.847. The monoisotopic (exact) mass is 703 g/mol. The molecule has 0 spiro atoms. The van der Waals surface area contributed by atoms with Crippen molar-refractivity contribution in [2.45, 2.75) is 0 Å². The topological polar surface area (TPSA) is 29.5 Å². The van der Waals surface area contributed by atoms with Crippen LogP contribution in [0.15, 0.2) is 209 Å². The van der Waals surface area contributed by atoms with Crippen LogP contribution in [0.3, 0.4) is 0 Å². The molecule has 0 radical (unpaired) electrons. The molecule has 0 saturated heterocycles. The van der Waals surface area contributed by atoms with E-state index in [2.05, 4.69) is 181 Å². The summed E-state index contributed by atoms with van der Waals surface area (Å²) in [4.78, 5) is 2.35. The summed E-state index contributed by atoms with van der Waals surface area (Å²) in [6.07, 6.45) is 0. The molecule has 2 heterocycles. The number of furan rings is 2. The van der Waals surface area contributed by atoms with Crippen molar-refractivity contribution in [1.82, 2.24) is 0 Å². The lowest BCUT2D eigenvalue weighted by Crippen LogP contribution is -2.11. The Bertz CT molecular complexity index is 3240. The molecule has 0 aliphatic carbocycles. The van der Waals surface area contributed by atoms with Crippen molar-refractivity contribution in [1.29, 1.82) is 0 Å². The van der Waals surface area contributed by atoms with Crippen LogP contribution < -0.4 is 4.90 Å². The molecule has 0 bridgehead atoms. The number of hydrogen-bond acceptors (Lipinski definition) is 3. The van der Waals surface area contributed by atoms with E-state index in [1.165, 1.54) is 21.9 Å². The highest BCUT2D eigenvalue weighted by Gasteiger charge is 2.22. The fourth-order valence-electron chi connectivity index (χ4n) is 8.21. The Balaban J connectivity index is 1.09. The van der Waals surface area contributed by atoms with Gasteiger partial charge in [-0.1, -0.05) is 140 Å². The van der Waals surface area contributed by atoms with Gasteiger partial charge in [0, 0.05) is 50.1 Å². The van der Waals surface area contributed by atoms with E-state index in [1.807, 2.05) is 24.3 Å². The number of hydrogen-bond donors (Lipinski definition) is 0. The third-order valence-electron chi connectivity index (χ3n) is 10.8. The van der Waals surface area contributed by atoms with Gasteiger partial charge in [-0.2, -0.15) is 0 Å². The molecule has 0 N–H and O–H groups in total. The van der Waals surface area contributed by atoms with Crippen molar-refractivity contribution in [3.05, 3.63) is 200 Å². The van der Waals surface area contributed by atoms with Crippen molar-refractivity contribution in [2.24, 2.45) is 0 Å². The number of fused-ring (bicyclic) bond motifs is 7. The normalized spacial score (nSPS) is 11.6. The molecule has 3 heteroatoms. The van der Waals surface area contributed by atoms with Crippen LogP contribution in [0, 0.1) is 0 Å². The van der Waals surface area contributed by atoms with Gasteiger partial charge in [-0.15, -0.1) is 0 Å². The third kappa shape index (κ3) is 5.28. The van der Waals surface area contributed by atoms with E-state index in [1.54, 1.807) is 0 Å². The number of anilines is 3. The minimum atomic E-state index is 0.847. The van der Waals surface area contributed by atoms with Crippen molar-refractivity contribution in [3.8, 4) is 33.4 Å². The Hall–Kier alpha value is -7.36. The van der Waals surface area contributed by atoms with Crippen molar-refractivity contribution in [2.75, 3.05) is 4.90 Å². The van der Waals surface area contributed by atoms with Gasteiger partial charge in [0.2, 0.25) is 0 Å². The Morgan fingerprint density at radius 3 is 1.75 bits per heavy atom. The van der Waals surface area contributed by atoms with Crippen LogP contribution in [0.25, 0.3) is 88.0 Å². The summed E-state index contributed by atoms with van der Waals surface area (Å²) in [6.45, 7) is 0. The highest BCUT2D eigenvalue weighted by atomic mass is 16.3. The molecule has 0 unspecified atom stereocenters. The maximum atomic E-state index is 6.59. The number of para-hydroxylation sites is 4. The minimum Gasteiger partial charge on any atom is -0.456 e. The molecule has 11 rings (SSSR count). The second kappa shape index (κ2) is 12.6.